The molecule has 25 heavy (non-hydrogen) atoms. The molecule has 1 unspecified atom stereocenters. The van der Waals surface area contributed by atoms with Crippen molar-refractivity contribution in [2.75, 3.05) is 30.4 Å². The number of nitrogens with one attached hydrogen (secondary N) is 1. The van der Waals surface area contributed by atoms with Crippen LogP contribution in [0.1, 0.15) is 13.3 Å². The number of hydrogen-bond acceptors (Lipinski definition) is 4. The Hall–Kier alpha value is -2.60. The first kappa shape index (κ1) is 18.7. The number of aliphatic hydroxyl groups is 1. The summed E-state index contributed by atoms with van der Waals surface area (Å²) in [6, 6.07) is 13.3. The molecule has 0 aliphatic heterocycles. The van der Waals surface area contributed by atoms with E-state index in [-0.39, 0.29) is 18.3 Å². The van der Waals surface area contributed by atoms with Gasteiger partial charge in [0.15, 0.2) is 17.7 Å². The molecule has 0 saturated heterocycles. The average molecular weight is 346 g/mol. The SMILES string of the molecule is CCC(Oc1ccccc1F)C(=O)Nc1ccc(N(C)CCO)cc1. The van der Waals surface area contributed by atoms with Gasteiger partial charge in [0.2, 0.25) is 0 Å². The van der Waals surface area contributed by atoms with E-state index < -0.39 is 11.9 Å². The maximum Gasteiger partial charge on any atom is 0.265 e. The zero-order valence-electron chi connectivity index (χ0n) is 14.4. The third-order valence-corrected chi connectivity index (χ3v) is 3.78. The van der Waals surface area contributed by atoms with Crippen LogP contribution in [0, 0.1) is 5.82 Å². The molecule has 0 saturated carbocycles. The Labute approximate surface area is 147 Å². The van der Waals surface area contributed by atoms with E-state index >= 15 is 0 Å². The Balaban J connectivity index is 2.00. The molecule has 6 heteroatoms. The van der Waals surface area contributed by atoms with Gasteiger partial charge in [-0.3, -0.25) is 4.79 Å². The molecule has 0 fully saturated rings. The highest BCUT2D eigenvalue weighted by Gasteiger charge is 2.20. The number of likely N-dealkylation sites (N-methyl/N-ethyl adjacent to an activating group) is 1. The highest BCUT2D eigenvalue weighted by atomic mass is 19.1. The molecule has 1 atom stereocenters. The molecule has 1 amide bonds. The fourth-order valence-corrected chi connectivity index (χ4v) is 2.32. The number of aliphatic hydroxyl groups excluding tert-OH is 1. The molecule has 2 rings (SSSR count). The van der Waals surface area contributed by atoms with Crippen molar-refractivity contribution in [2.45, 2.75) is 19.4 Å². The van der Waals surface area contributed by atoms with Gasteiger partial charge in [-0.05, 0) is 42.8 Å². The number of hydrogen-bond donors (Lipinski definition) is 2. The molecule has 2 N–H and O–H groups in total. The van der Waals surface area contributed by atoms with Crippen molar-refractivity contribution in [1.29, 1.82) is 0 Å². The highest BCUT2D eigenvalue weighted by molar-refractivity contribution is 5.94. The molecule has 0 spiro atoms. The summed E-state index contributed by atoms with van der Waals surface area (Å²) in [5.74, 6) is -0.766. The standard InChI is InChI=1S/C19H23FN2O3/c1-3-17(25-18-7-5-4-6-16(18)20)19(24)21-14-8-10-15(11-9-14)22(2)12-13-23/h4-11,17,23H,3,12-13H2,1-2H3,(H,21,24). The van der Waals surface area contributed by atoms with Crippen LogP contribution < -0.4 is 15.0 Å². The summed E-state index contributed by atoms with van der Waals surface area (Å²) >= 11 is 0. The van der Waals surface area contributed by atoms with Gasteiger partial charge in [0, 0.05) is 25.0 Å². The molecule has 0 aliphatic rings. The third kappa shape index (κ3) is 5.19. The van der Waals surface area contributed by atoms with E-state index in [1.165, 1.54) is 12.1 Å². The summed E-state index contributed by atoms with van der Waals surface area (Å²) in [6.45, 7) is 2.40. The first-order chi connectivity index (χ1) is 12.0. The number of ether oxygens (including phenoxy) is 1. The Morgan fingerprint density at radius 2 is 1.92 bits per heavy atom. The van der Waals surface area contributed by atoms with E-state index in [1.807, 2.05) is 24.1 Å². The number of nitrogens with zero attached hydrogens (tertiary/aromatic N) is 1. The maximum absolute atomic E-state index is 13.7. The smallest absolute Gasteiger partial charge is 0.265 e. The number of rotatable bonds is 8. The van der Waals surface area contributed by atoms with E-state index in [0.29, 0.717) is 18.7 Å². The second-order valence-corrected chi connectivity index (χ2v) is 5.63. The van der Waals surface area contributed by atoms with Gasteiger partial charge in [0.25, 0.3) is 5.91 Å². The summed E-state index contributed by atoms with van der Waals surface area (Å²) in [4.78, 5) is 14.3. The highest BCUT2D eigenvalue weighted by Crippen LogP contribution is 2.20. The summed E-state index contributed by atoms with van der Waals surface area (Å²) in [7, 11) is 1.87. The number of benzene rings is 2. The molecule has 2 aromatic rings. The minimum absolute atomic E-state index is 0.0606. The van der Waals surface area contributed by atoms with E-state index in [9.17, 15) is 9.18 Å². The molecule has 0 bridgehead atoms. The molecule has 0 aliphatic carbocycles. The van der Waals surface area contributed by atoms with Crippen LogP contribution in [0.3, 0.4) is 0 Å². The molecule has 0 aromatic heterocycles. The fourth-order valence-electron chi connectivity index (χ4n) is 2.32. The average Bonchev–Trinajstić information content (AvgIpc) is 2.61. The van der Waals surface area contributed by atoms with Crippen molar-refractivity contribution in [3.8, 4) is 5.75 Å². The molecular weight excluding hydrogens is 323 g/mol. The van der Waals surface area contributed by atoms with Gasteiger partial charge in [-0.1, -0.05) is 19.1 Å². The Kier molecular flexibility index (Phi) is 6.77. The van der Waals surface area contributed by atoms with Crippen molar-refractivity contribution in [2.24, 2.45) is 0 Å². The topological polar surface area (TPSA) is 61.8 Å². The second-order valence-electron chi connectivity index (χ2n) is 5.63. The first-order valence-corrected chi connectivity index (χ1v) is 8.19. The number of anilines is 2. The monoisotopic (exact) mass is 346 g/mol. The lowest BCUT2D eigenvalue weighted by Crippen LogP contribution is -2.32. The van der Waals surface area contributed by atoms with Crippen molar-refractivity contribution in [3.05, 3.63) is 54.3 Å². The van der Waals surface area contributed by atoms with Crippen molar-refractivity contribution in [1.82, 2.24) is 0 Å². The lowest BCUT2D eigenvalue weighted by molar-refractivity contribution is -0.122. The zero-order valence-corrected chi connectivity index (χ0v) is 14.4. The van der Waals surface area contributed by atoms with Crippen LogP contribution in [0.4, 0.5) is 15.8 Å². The summed E-state index contributed by atoms with van der Waals surface area (Å²) < 4.78 is 19.2. The number of para-hydroxylation sites is 1. The van der Waals surface area contributed by atoms with Crippen LogP contribution in [0.5, 0.6) is 5.75 Å². The molecule has 2 aromatic carbocycles. The summed E-state index contributed by atoms with van der Waals surface area (Å²) in [5.41, 5.74) is 1.56. The van der Waals surface area contributed by atoms with E-state index in [4.69, 9.17) is 9.84 Å². The largest absolute Gasteiger partial charge is 0.478 e. The second kappa shape index (κ2) is 9.03. The number of amides is 1. The first-order valence-electron chi connectivity index (χ1n) is 8.19. The molecular formula is C19H23FN2O3. The minimum atomic E-state index is -0.784. The number of carbonyl (C=O) groups excluding carboxylic acids is 1. The van der Waals surface area contributed by atoms with Gasteiger partial charge >= 0.3 is 0 Å². The van der Waals surface area contributed by atoms with Crippen LogP contribution in [-0.4, -0.2) is 37.3 Å². The lowest BCUT2D eigenvalue weighted by atomic mass is 10.2. The molecule has 134 valence electrons. The summed E-state index contributed by atoms with van der Waals surface area (Å²) in [5, 5.41) is 11.7. The summed E-state index contributed by atoms with van der Waals surface area (Å²) in [6.07, 6.45) is -0.369. The van der Waals surface area contributed by atoms with Gasteiger partial charge in [-0.2, -0.15) is 0 Å². The van der Waals surface area contributed by atoms with Crippen LogP contribution in [0.15, 0.2) is 48.5 Å². The van der Waals surface area contributed by atoms with Crippen LogP contribution >= 0.6 is 0 Å². The van der Waals surface area contributed by atoms with Gasteiger partial charge in [0.05, 0.1) is 6.61 Å². The zero-order chi connectivity index (χ0) is 18.2. The van der Waals surface area contributed by atoms with Gasteiger partial charge in [-0.25, -0.2) is 4.39 Å². The predicted octanol–water partition coefficient (Wildman–Crippen LogP) is 3.05. The van der Waals surface area contributed by atoms with Gasteiger partial charge in [0.1, 0.15) is 0 Å². The third-order valence-electron chi connectivity index (χ3n) is 3.78. The van der Waals surface area contributed by atoms with Crippen LogP contribution in [0.25, 0.3) is 0 Å². The molecule has 0 heterocycles. The predicted molar refractivity (Wildman–Crippen MR) is 96.5 cm³/mol. The Morgan fingerprint density at radius 1 is 1.24 bits per heavy atom. The Morgan fingerprint density at radius 3 is 2.52 bits per heavy atom. The maximum atomic E-state index is 13.7. The normalized spacial score (nSPS) is 11.7. The lowest BCUT2D eigenvalue weighted by Gasteiger charge is -2.19. The molecule has 5 nitrogen and oxygen atoms in total. The van der Waals surface area contributed by atoms with Gasteiger partial charge in [-0.15, -0.1) is 0 Å². The van der Waals surface area contributed by atoms with Crippen molar-refractivity contribution in [3.63, 3.8) is 0 Å². The van der Waals surface area contributed by atoms with Crippen molar-refractivity contribution >= 4 is 17.3 Å². The van der Waals surface area contributed by atoms with E-state index in [0.717, 1.165) is 5.69 Å². The van der Waals surface area contributed by atoms with E-state index in [1.54, 1.807) is 31.2 Å². The molecule has 0 radical (unpaired) electrons. The quantitative estimate of drug-likeness (QED) is 0.771. The van der Waals surface area contributed by atoms with Crippen LogP contribution in [-0.2, 0) is 4.79 Å². The van der Waals surface area contributed by atoms with Crippen LogP contribution in [0.2, 0.25) is 0 Å². The van der Waals surface area contributed by atoms with Gasteiger partial charge < -0.3 is 20.1 Å². The number of halogens is 1. The van der Waals surface area contributed by atoms with E-state index in [2.05, 4.69) is 5.32 Å². The fraction of sp³-hybridized carbons (Fsp3) is 0.316. The Bertz CT molecular complexity index is 691. The minimum Gasteiger partial charge on any atom is -0.478 e. The van der Waals surface area contributed by atoms with Crippen molar-refractivity contribution < 1.29 is 19.0 Å². The number of carbonyl (C=O) groups is 1.